The number of nitrogens with zero attached hydrogens (tertiary/aromatic N) is 2. The number of rotatable bonds is 4. The summed E-state index contributed by atoms with van der Waals surface area (Å²) in [4.78, 5) is 14.7. The van der Waals surface area contributed by atoms with Gasteiger partial charge in [0.15, 0.2) is 0 Å². The van der Waals surface area contributed by atoms with Crippen LogP contribution in [0.25, 0.3) is 10.1 Å². The lowest BCUT2D eigenvalue weighted by atomic mass is 10.2. The van der Waals surface area contributed by atoms with Gasteiger partial charge in [-0.25, -0.2) is 8.42 Å². The van der Waals surface area contributed by atoms with Crippen molar-refractivity contribution < 1.29 is 13.2 Å². The third-order valence-electron chi connectivity index (χ3n) is 3.75. The van der Waals surface area contributed by atoms with Crippen LogP contribution in [0.15, 0.2) is 29.2 Å². The molecule has 0 saturated carbocycles. The lowest BCUT2D eigenvalue weighted by molar-refractivity contribution is 0.0949. The number of aromatic nitrogens is 2. The SMILES string of the molecule is Cc1nn(C)c(C)c1S(=O)(=O)NNC(=O)c1sc2ccccc2c1Cl. The summed E-state index contributed by atoms with van der Waals surface area (Å²) in [5.74, 6) is -0.617. The fourth-order valence-electron chi connectivity index (χ4n) is 2.52. The summed E-state index contributed by atoms with van der Waals surface area (Å²) >= 11 is 7.43. The van der Waals surface area contributed by atoms with Crippen LogP contribution in [0.5, 0.6) is 0 Å². The summed E-state index contributed by atoms with van der Waals surface area (Å²) in [7, 11) is -2.30. The molecular weight excluding hydrogens is 384 g/mol. The molecule has 2 heterocycles. The Morgan fingerprint density at radius 3 is 2.56 bits per heavy atom. The molecule has 1 amide bonds. The predicted molar refractivity (Wildman–Crippen MR) is 97.3 cm³/mol. The van der Waals surface area contributed by atoms with Crippen LogP contribution in [0.4, 0.5) is 0 Å². The summed E-state index contributed by atoms with van der Waals surface area (Å²) in [6, 6.07) is 7.31. The van der Waals surface area contributed by atoms with Crippen molar-refractivity contribution in [3.05, 3.63) is 45.6 Å². The van der Waals surface area contributed by atoms with Crippen molar-refractivity contribution in [2.75, 3.05) is 0 Å². The highest BCUT2D eigenvalue weighted by Crippen LogP contribution is 2.34. The van der Waals surface area contributed by atoms with Gasteiger partial charge in [0.05, 0.1) is 16.4 Å². The first kappa shape index (κ1) is 17.9. The van der Waals surface area contributed by atoms with E-state index in [1.165, 1.54) is 16.0 Å². The number of hydrogen-bond donors (Lipinski definition) is 2. The van der Waals surface area contributed by atoms with E-state index in [1.54, 1.807) is 27.0 Å². The fourth-order valence-corrected chi connectivity index (χ4v) is 5.22. The number of sulfonamides is 1. The van der Waals surface area contributed by atoms with Crippen molar-refractivity contribution in [3.63, 3.8) is 0 Å². The van der Waals surface area contributed by atoms with E-state index in [2.05, 4.69) is 15.4 Å². The Labute approximate surface area is 153 Å². The van der Waals surface area contributed by atoms with E-state index < -0.39 is 15.9 Å². The highest BCUT2D eigenvalue weighted by molar-refractivity contribution is 7.89. The zero-order chi connectivity index (χ0) is 18.4. The van der Waals surface area contributed by atoms with Gasteiger partial charge in [0.25, 0.3) is 15.9 Å². The molecule has 0 aliphatic heterocycles. The molecule has 2 aromatic heterocycles. The first-order chi connectivity index (χ1) is 11.7. The van der Waals surface area contributed by atoms with Crippen LogP contribution in [0.2, 0.25) is 5.02 Å². The van der Waals surface area contributed by atoms with E-state index in [4.69, 9.17) is 11.6 Å². The van der Waals surface area contributed by atoms with Gasteiger partial charge in [0.2, 0.25) is 0 Å². The van der Waals surface area contributed by atoms with E-state index in [9.17, 15) is 13.2 Å². The summed E-state index contributed by atoms with van der Waals surface area (Å²) in [5.41, 5.74) is 3.04. The second-order valence-corrected chi connectivity index (χ2v) is 8.47. The van der Waals surface area contributed by atoms with Crippen LogP contribution in [0.1, 0.15) is 21.1 Å². The molecule has 3 aromatic rings. The number of fused-ring (bicyclic) bond motifs is 1. The van der Waals surface area contributed by atoms with Crippen LogP contribution in [0, 0.1) is 13.8 Å². The van der Waals surface area contributed by atoms with Crippen molar-refractivity contribution in [2.45, 2.75) is 18.7 Å². The molecule has 3 rings (SSSR count). The lowest BCUT2D eigenvalue weighted by Gasteiger charge is -2.08. The minimum absolute atomic E-state index is 0.0396. The van der Waals surface area contributed by atoms with Gasteiger partial charge in [-0.15, -0.1) is 16.2 Å². The van der Waals surface area contributed by atoms with E-state index in [0.717, 1.165) is 10.1 Å². The highest BCUT2D eigenvalue weighted by Gasteiger charge is 2.25. The van der Waals surface area contributed by atoms with Gasteiger partial charge in [0.1, 0.15) is 9.77 Å². The van der Waals surface area contributed by atoms with Crippen LogP contribution in [-0.2, 0) is 17.1 Å². The molecule has 0 atom stereocenters. The highest BCUT2D eigenvalue weighted by atomic mass is 35.5. The zero-order valence-electron chi connectivity index (χ0n) is 13.6. The number of nitrogens with one attached hydrogen (secondary N) is 2. The molecule has 132 valence electrons. The van der Waals surface area contributed by atoms with Gasteiger partial charge in [-0.2, -0.15) is 5.10 Å². The third-order valence-corrected chi connectivity index (χ3v) is 6.92. The van der Waals surface area contributed by atoms with E-state index in [1.807, 2.05) is 18.2 Å². The Morgan fingerprint density at radius 2 is 1.96 bits per heavy atom. The molecular formula is C15H15ClN4O3S2. The summed E-state index contributed by atoms with van der Waals surface area (Å²) in [6.45, 7) is 3.23. The van der Waals surface area contributed by atoms with Gasteiger partial charge >= 0.3 is 0 Å². The number of hydrogen-bond acceptors (Lipinski definition) is 5. The Morgan fingerprint density at radius 1 is 1.28 bits per heavy atom. The smallest absolute Gasteiger partial charge is 0.273 e. The van der Waals surface area contributed by atoms with Crippen LogP contribution in [0.3, 0.4) is 0 Å². The number of thiophene rings is 1. The zero-order valence-corrected chi connectivity index (χ0v) is 16.0. The Balaban J connectivity index is 1.85. The van der Waals surface area contributed by atoms with Gasteiger partial charge in [-0.1, -0.05) is 29.8 Å². The fraction of sp³-hybridized carbons (Fsp3) is 0.200. The average Bonchev–Trinajstić information content (AvgIpc) is 3.02. The average molecular weight is 399 g/mol. The van der Waals surface area contributed by atoms with Gasteiger partial charge in [-0.3, -0.25) is 14.9 Å². The first-order valence-corrected chi connectivity index (χ1v) is 9.89. The number of halogens is 1. The molecule has 0 spiro atoms. The number of aryl methyl sites for hydroxylation is 2. The molecule has 7 nitrogen and oxygen atoms in total. The minimum Gasteiger partial charge on any atom is -0.273 e. The maximum Gasteiger partial charge on any atom is 0.277 e. The largest absolute Gasteiger partial charge is 0.277 e. The third kappa shape index (κ3) is 3.15. The van der Waals surface area contributed by atoms with Gasteiger partial charge in [-0.05, 0) is 19.9 Å². The second-order valence-electron chi connectivity index (χ2n) is 5.42. The van der Waals surface area contributed by atoms with Crippen molar-refractivity contribution in [1.29, 1.82) is 0 Å². The van der Waals surface area contributed by atoms with Crippen molar-refractivity contribution in [3.8, 4) is 0 Å². The molecule has 25 heavy (non-hydrogen) atoms. The standard InChI is InChI=1S/C15H15ClN4O3S2/c1-8-14(9(2)20(3)18-8)25(22,23)19-17-15(21)13-12(16)10-6-4-5-7-11(10)24-13/h4-7,19H,1-3H3,(H,17,21). The topological polar surface area (TPSA) is 93.1 Å². The molecule has 0 aliphatic carbocycles. The predicted octanol–water partition coefficient (Wildman–Crippen LogP) is 2.53. The van der Waals surface area contributed by atoms with Gasteiger partial charge in [0, 0.05) is 17.1 Å². The van der Waals surface area contributed by atoms with Crippen molar-refractivity contribution >= 4 is 49.0 Å². The van der Waals surface area contributed by atoms with Crippen LogP contribution < -0.4 is 10.3 Å². The Bertz CT molecular complexity index is 1090. The number of hydrazine groups is 1. The van der Waals surface area contributed by atoms with E-state index >= 15 is 0 Å². The summed E-state index contributed by atoms with van der Waals surface area (Å²) < 4.78 is 27.3. The van der Waals surface area contributed by atoms with Crippen molar-refractivity contribution in [2.24, 2.45) is 7.05 Å². The van der Waals surface area contributed by atoms with E-state index in [0.29, 0.717) is 16.4 Å². The number of carbonyl (C=O) groups excluding carboxylic acids is 1. The maximum absolute atomic E-state index is 12.5. The normalized spacial score (nSPS) is 11.8. The van der Waals surface area contributed by atoms with Crippen LogP contribution in [-0.4, -0.2) is 24.1 Å². The van der Waals surface area contributed by atoms with Crippen LogP contribution >= 0.6 is 22.9 Å². The number of benzene rings is 1. The molecule has 2 N–H and O–H groups in total. The molecule has 10 heteroatoms. The monoisotopic (exact) mass is 398 g/mol. The molecule has 1 aromatic carbocycles. The lowest BCUT2D eigenvalue weighted by Crippen LogP contribution is -2.41. The first-order valence-electron chi connectivity index (χ1n) is 7.21. The molecule has 0 fully saturated rings. The van der Waals surface area contributed by atoms with Crippen molar-refractivity contribution in [1.82, 2.24) is 20.0 Å². The Kier molecular flexibility index (Phi) is 4.58. The number of amides is 1. The molecule has 0 bridgehead atoms. The molecule has 0 unspecified atom stereocenters. The van der Waals surface area contributed by atoms with E-state index in [-0.39, 0.29) is 9.77 Å². The Hall–Kier alpha value is -1.94. The number of carbonyl (C=O) groups is 1. The minimum atomic E-state index is -3.95. The maximum atomic E-state index is 12.5. The second kappa shape index (κ2) is 6.41. The molecule has 0 aliphatic rings. The summed E-state index contributed by atoms with van der Waals surface area (Å²) in [5, 5.41) is 5.12. The molecule has 0 radical (unpaired) electrons. The summed E-state index contributed by atoms with van der Waals surface area (Å²) in [6.07, 6.45) is 0. The van der Waals surface area contributed by atoms with Gasteiger partial charge < -0.3 is 0 Å². The molecule has 0 saturated heterocycles. The quantitative estimate of drug-likeness (QED) is 0.660.